The molecule has 0 aliphatic heterocycles. The fourth-order valence-corrected chi connectivity index (χ4v) is 2.43. The average Bonchev–Trinajstić information content (AvgIpc) is 3.05. The molecule has 0 atom stereocenters. The van der Waals surface area contributed by atoms with Crippen molar-refractivity contribution in [2.24, 2.45) is 0 Å². The maximum atomic E-state index is 12.2. The van der Waals surface area contributed by atoms with Gasteiger partial charge in [0.05, 0.1) is 0 Å². The fourth-order valence-electron chi connectivity index (χ4n) is 2.43. The number of rotatable bonds is 5. The molecule has 0 aliphatic rings. The summed E-state index contributed by atoms with van der Waals surface area (Å²) in [4.78, 5) is 16.5. The molecule has 3 aromatic rings. The zero-order chi connectivity index (χ0) is 16.9. The van der Waals surface area contributed by atoms with E-state index in [1.54, 1.807) is 19.2 Å². The summed E-state index contributed by atoms with van der Waals surface area (Å²) in [6.45, 7) is 1.89. The zero-order valence-corrected chi connectivity index (χ0v) is 13.3. The summed E-state index contributed by atoms with van der Waals surface area (Å²) in [7, 11) is 0. The molecule has 1 aromatic carbocycles. The van der Waals surface area contributed by atoms with Gasteiger partial charge in [-0.15, -0.1) is 0 Å². The van der Waals surface area contributed by atoms with Crippen molar-refractivity contribution in [3.8, 4) is 6.07 Å². The highest BCUT2D eigenvalue weighted by Crippen LogP contribution is 2.07. The molecule has 120 valence electrons. The summed E-state index contributed by atoms with van der Waals surface area (Å²) >= 11 is 0. The molecule has 0 N–H and O–H groups in total. The molecule has 2 heterocycles. The fraction of sp³-hybridized carbons (Fsp3) is 0.222. The van der Waals surface area contributed by atoms with Gasteiger partial charge in [0.25, 0.3) is 5.56 Å². The third-order valence-corrected chi connectivity index (χ3v) is 3.78. The molecule has 0 bridgehead atoms. The minimum atomic E-state index is -0.346. The van der Waals surface area contributed by atoms with E-state index < -0.39 is 0 Å². The van der Waals surface area contributed by atoms with E-state index in [1.807, 2.05) is 24.3 Å². The van der Waals surface area contributed by atoms with Crippen LogP contribution in [0.3, 0.4) is 0 Å². The first-order valence-corrected chi connectivity index (χ1v) is 7.63. The smallest absolute Gasteiger partial charge is 0.269 e. The van der Waals surface area contributed by atoms with Crippen LogP contribution in [-0.4, -0.2) is 14.7 Å². The van der Waals surface area contributed by atoms with Crippen molar-refractivity contribution in [2.75, 3.05) is 0 Å². The van der Waals surface area contributed by atoms with Crippen LogP contribution in [0.2, 0.25) is 0 Å². The second-order valence-corrected chi connectivity index (χ2v) is 5.51. The SMILES string of the molecule is Cc1ccn(Cc2nc(CCc3ccccc3)no2)c(=O)c1C#N. The number of hydrogen-bond acceptors (Lipinski definition) is 5. The molecule has 0 aliphatic carbocycles. The predicted octanol–water partition coefficient (Wildman–Crippen LogP) is 2.24. The van der Waals surface area contributed by atoms with E-state index in [2.05, 4.69) is 22.3 Å². The lowest BCUT2D eigenvalue weighted by atomic mass is 10.1. The Labute approximate surface area is 139 Å². The van der Waals surface area contributed by atoms with Crippen LogP contribution >= 0.6 is 0 Å². The summed E-state index contributed by atoms with van der Waals surface area (Å²) in [5.41, 5.74) is 1.66. The first-order chi connectivity index (χ1) is 11.7. The molecular weight excluding hydrogens is 304 g/mol. The van der Waals surface area contributed by atoms with Gasteiger partial charge in [-0.05, 0) is 30.5 Å². The van der Waals surface area contributed by atoms with Crippen LogP contribution in [0.25, 0.3) is 0 Å². The number of hydrogen-bond donors (Lipinski definition) is 0. The molecule has 3 rings (SSSR count). The second kappa shape index (κ2) is 6.92. The molecule has 6 nitrogen and oxygen atoms in total. The van der Waals surface area contributed by atoms with Crippen molar-refractivity contribution < 1.29 is 4.52 Å². The molecule has 0 unspecified atom stereocenters. The van der Waals surface area contributed by atoms with Crippen LogP contribution in [0.5, 0.6) is 0 Å². The summed E-state index contributed by atoms with van der Waals surface area (Å²) < 4.78 is 6.61. The van der Waals surface area contributed by atoms with E-state index in [0.717, 1.165) is 6.42 Å². The minimum absolute atomic E-state index is 0.140. The molecule has 0 fully saturated rings. The lowest BCUT2D eigenvalue weighted by molar-refractivity contribution is 0.364. The Kier molecular flexibility index (Phi) is 4.52. The number of nitriles is 1. The maximum absolute atomic E-state index is 12.2. The third kappa shape index (κ3) is 3.41. The summed E-state index contributed by atoms with van der Waals surface area (Å²) in [5, 5.41) is 13.0. The van der Waals surface area contributed by atoms with E-state index in [-0.39, 0.29) is 17.7 Å². The number of pyridine rings is 1. The van der Waals surface area contributed by atoms with Crippen LogP contribution in [0, 0.1) is 18.3 Å². The van der Waals surface area contributed by atoms with Crippen molar-refractivity contribution in [2.45, 2.75) is 26.3 Å². The summed E-state index contributed by atoms with van der Waals surface area (Å²) in [6, 6.07) is 13.7. The molecule has 0 spiro atoms. The first-order valence-electron chi connectivity index (χ1n) is 7.63. The van der Waals surface area contributed by atoms with Gasteiger partial charge >= 0.3 is 0 Å². The van der Waals surface area contributed by atoms with Crippen LogP contribution < -0.4 is 5.56 Å². The Bertz CT molecular complexity index is 936. The van der Waals surface area contributed by atoms with Crippen LogP contribution in [0.4, 0.5) is 0 Å². The molecule has 2 aromatic heterocycles. The predicted molar refractivity (Wildman–Crippen MR) is 87.4 cm³/mol. The molecule has 0 saturated carbocycles. The van der Waals surface area contributed by atoms with Gasteiger partial charge in [-0.3, -0.25) is 4.79 Å². The molecule has 24 heavy (non-hydrogen) atoms. The van der Waals surface area contributed by atoms with Crippen LogP contribution in [0.15, 0.2) is 51.9 Å². The highest BCUT2D eigenvalue weighted by atomic mass is 16.5. The Morgan fingerprint density at radius 3 is 2.75 bits per heavy atom. The van der Waals surface area contributed by atoms with Gasteiger partial charge in [0.1, 0.15) is 18.2 Å². The van der Waals surface area contributed by atoms with Gasteiger partial charge in [-0.25, -0.2) is 0 Å². The lowest BCUT2D eigenvalue weighted by Gasteiger charge is -2.03. The van der Waals surface area contributed by atoms with Gasteiger partial charge in [0.2, 0.25) is 5.89 Å². The molecule has 6 heteroatoms. The Balaban J connectivity index is 1.71. The van der Waals surface area contributed by atoms with Crippen molar-refractivity contribution >= 4 is 0 Å². The maximum Gasteiger partial charge on any atom is 0.269 e. The summed E-state index contributed by atoms with van der Waals surface area (Å²) in [6.07, 6.45) is 3.12. The average molecular weight is 320 g/mol. The topological polar surface area (TPSA) is 84.7 Å². The van der Waals surface area contributed by atoms with E-state index in [0.29, 0.717) is 23.7 Å². The van der Waals surface area contributed by atoms with Crippen molar-refractivity contribution in [1.29, 1.82) is 5.26 Å². The number of benzene rings is 1. The molecule has 0 radical (unpaired) electrons. The van der Waals surface area contributed by atoms with E-state index in [1.165, 1.54) is 10.1 Å². The van der Waals surface area contributed by atoms with E-state index in [4.69, 9.17) is 9.78 Å². The Morgan fingerprint density at radius 2 is 2.00 bits per heavy atom. The zero-order valence-electron chi connectivity index (χ0n) is 13.3. The van der Waals surface area contributed by atoms with Gasteiger partial charge < -0.3 is 9.09 Å². The lowest BCUT2D eigenvalue weighted by Crippen LogP contribution is -2.23. The molecule has 0 saturated heterocycles. The van der Waals surface area contributed by atoms with Crippen LogP contribution in [-0.2, 0) is 19.4 Å². The molecular formula is C18H16N4O2. The van der Waals surface area contributed by atoms with Gasteiger partial charge in [0, 0.05) is 12.6 Å². The van der Waals surface area contributed by atoms with Crippen molar-refractivity contribution in [1.82, 2.24) is 14.7 Å². The Morgan fingerprint density at radius 1 is 1.21 bits per heavy atom. The van der Waals surface area contributed by atoms with E-state index in [9.17, 15) is 4.79 Å². The van der Waals surface area contributed by atoms with Crippen molar-refractivity contribution in [3.63, 3.8) is 0 Å². The van der Waals surface area contributed by atoms with Crippen molar-refractivity contribution in [3.05, 3.63) is 81.4 Å². The number of aryl methyl sites for hydroxylation is 3. The third-order valence-electron chi connectivity index (χ3n) is 3.78. The normalized spacial score (nSPS) is 10.5. The number of aromatic nitrogens is 3. The van der Waals surface area contributed by atoms with Gasteiger partial charge in [-0.2, -0.15) is 10.2 Å². The highest BCUT2D eigenvalue weighted by molar-refractivity contribution is 5.34. The Hall–Kier alpha value is -3.20. The quantitative estimate of drug-likeness (QED) is 0.720. The van der Waals surface area contributed by atoms with Crippen LogP contribution in [0.1, 0.15) is 28.4 Å². The van der Waals surface area contributed by atoms with E-state index >= 15 is 0 Å². The van der Waals surface area contributed by atoms with Gasteiger partial charge in [0.15, 0.2) is 5.82 Å². The van der Waals surface area contributed by atoms with Gasteiger partial charge in [-0.1, -0.05) is 35.5 Å². The monoisotopic (exact) mass is 320 g/mol. The molecule has 0 amide bonds. The largest absolute Gasteiger partial charge is 0.337 e. The minimum Gasteiger partial charge on any atom is -0.337 e. The number of nitrogens with zero attached hydrogens (tertiary/aromatic N) is 4. The second-order valence-electron chi connectivity index (χ2n) is 5.51. The summed E-state index contributed by atoms with van der Waals surface area (Å²) in [5.74, 6) is 0.961. The standard InChI is InChI=1S/C18H16N4O2/c1-13-9-10-22(18(23)15(13)11-19)12-17-20-16(21-24-17)8-7-14-5-3-2-4-6-14/h2-6,9-10H,7-8,12H2,1H3. The highest BCUT2D eigenvalue weighted by Gasteiger charge is 2.11. The first kappa shape index (κ1) is 15.7.